The third-order valence-corrected chi connectivity index (χ3v) is 2.53. The lowest BCUT2D eigenvalue weighted by atomic mass is 10.1. The Labute approximate surface area is 113 Å². The van der Waals surface area contributed by atoms with E-state index in [0.717, 1.165) is 22.8 Å². The molecule has 0 bridgehead atoms. The fourth-order valence-corrected chi connectivity index (χ4v) is 1.74. The van der Waals surface area contributed by atoms with E-state index in [-0.39, 0.29) is 6.10 Å². The maximum absolute atomic E-state index is 5.61. The number of hydrogen-bond acceptors (Lipinski definition) is 5. The zero-order valence-corrected chi connectivity index (χ0v) is 11.6. The summed E-state index contributed by atoms with van der Waals surface area (Å²) in [5.74, 6) is 2.22. The summed E-state index contributed by atoms with van der Waals surface area (Å²) in [6, 6.07) is 7.77. The molecule has 0 saturated carbocycles. The summed E-state index contributed by atoms with van der Waals surface area (Å²) in [6.07, 6.45) is 0.166. The molecule has 19 heavy (non-hydrogen) atoms. The number of aryl methyl sites for hydroxylation is 1. The molecule has 0 atom stereocenters. The van der Waals surface area contributed by atoms with Crippen molar-refractivity contribution in [2.75, 3.05) is 12.4 Å². The van der Waals surface area contributed by atoms with Crippen LogP contribution >= 0.6 is 0 Å². The SMILES string of the molecule is CNc1nc(C)nnc1-c1ccc(OC(C)C)cc1. The van der Waals surface area contributed by atoms with Crippen molar-refractivity contribution in [1.82, 2.24) is 15.2 Å². The molecular weight excluding hydrogens is 240 g/mol. The number of nitrogens with zero attached hydrogens (tertiary/aromatic N) is 3. The molecule has 0 radical (unpaired) electrons. The van der Waals surface area contributed by atoms with Gasteiger partial charge in [0.2, 0.25) is 0 Å². The topological polar surface area (TPSA) is 59.9 Å². The summed E-state index contributed by atoms with van der Waals surface area (Å²) in [6.45, 7) is 5.82. The number of hydrogen-bond donors (Lipinski definition) is 1. The molecular formula is C14H18N4O. The van der Waals surface area contributed by atoms with E-state index in [0.29, 0.717) is 5.82 Å². The molecule has 0 aliphatic heterocycles. The van der Waals surface area contributed by atoms with Crippen LogP contribution in [0.5, 0.6) is 5.75 Å². The summed E-state index contributed by atoms with van der Waals surface area (Å²) < 4.78 is 5.61. The van der Waals surface area contributed by atoms with Crippen molar-refractivity contribution in [3.63, 3.8) is 0 Å². The summed E-state index contributed by atoms with van der Waals surface area (Å²) in [5.41, 5.74) is 1.70. The lowest BCUT2D eigenvalue weighted by Gasteiger charge is -2.11. The first-order valence-corrected chi connectivity index (χ1v) is 6.26. The second-order valence-electron chi connectivity index (χ2n) is 4.50. The first-order chi connectivity index (χ1) is 9.10. The standard InChI is InChI=1S/C14H18N4O/c1-9(2)19-12-7-5-11(6-8-12)13-14(15-4)16-10(3)17-18-13/h5-9H,1-4H3,(H,15,16,17). The molecule has 0 aliphatic carbocycles. The number of benzene rings is 1. The van der Waals surface area contributed by atoms with Crippen LogP contribution < -0.4 is 10.1 Å². The van der Waals surface area contributed by atoms with E-state index < -0.39 is 0 Å². The highest BCUT2D eigenvalue weighted by atomic mass is 16.5. The Hall–Kier alpha value is -2.17. The van der Waals surface area contributed by atoms with Crippen molar-refractivity contribution in [3.05, 3.63) is 30.1 Å². The minimum absolute atomic E-state index is 0.166. The minimum Gasteiger partial charge on any atom is -0.491 e. The fourth-order valence-electron chi connectivity index (χ4n) is 1.74. The van der Waals surface area contributed by atoms with Crippen LogP contribution in [0.1, 0.15) is 19.7 Å². The lowest BCUT2D eigenvalue weighted by Crippen LogP contribution is -2.05. The molecule has 0 amide bonds. The minimum atomic E-state index is 0.166. The predicted octanol–water partition coefficient (Wildman–Crippen LogP) is 2.68. The van der Waals surface area contributed by atoms with Gasteiger partial charge in [0.1, 0.15) is 17.3 Å². The third kappa shape index (κ3) is 3.19. The van der Waals surface area contributed by atoms with Crippen LogP contribution in [0, 0.1) is 6.92 Å². The van der Waals surface area contributed by atoms with Gasteiger partial charge in [0, 0.05) is 12.6 Å². The quantitative estimate of drug-likeness (QED) is 0.913. The molecule has 2 rings (SSSR count). The number of anilines is 1. The summed E-state index contributed by atoms with van der Waals surface area (Å²) >= 11 is 0. The maximum Gasteiger partial charge on any atom is 0.156 e. The Balaban J connectivity index is 2.32. The van der Waals surface area contributed by atoms with Gasteiger partial charge in [-0.2, -0.15) is 0 Å². The average Bonchev–Trinajstić information content (AvgIpc) is 2.39. The molecule has 5 nitrogen and oxygen atoms in total. The van der Waals surface area contributed by atoms with E-state index in [2.05, 4.69) is 20.5 Å². The molecule has 1 heterocycles. The molecule has 5 heteroatoms. The number of nitrogens with one attached hydrogen (secondary N) is 1. The van der Waals surface area contributed by atoms with Crippen molar-refractivity contribution in [1.29, 1.82) is 0 Å². The van der Waals surface area contributed by atoms with Crippen molar-refractivity contribution in [2.45, 2.75) is 26.9 Å². The lowest BCUT2D eigenvalue weighted by molar-refractivity contribution is 0.242. The second kappa shape index (κ2) is 5.65. The maximum atomic E-state index is 5.61. The van der Waals surface area contributed by atoms with Gasteiger partial charge < -0.3 is 10.1 Å². The van der Waals surface area contributed by atoms with Crippen LogP contribution in [0.2, 0.25) is 0 Å². The summed E-state index contributed by atoms with van der Waals surface area (Å²) in [7, 11) is 1.82. The highest BCUT2D eigenvalue weighted by molar-refractivity contribution is 5.71. The Morgan fingerprint density at radius 2 is 1.79 bits per heavy atom. The van der Waals surface area contributed by atoms with Crippen LogP contribution in [0.3, 0.4) is 0 Å². The molecule has 0 unspecified atom stereocenters. The van der Waals surface area contributed by atoms with Crippen molar-refractivity contribution >= 4 is 5.82 Å². The molecule has 2 aromatic rings. The van der Waals surface area contributed by atoms with Gasteiger partial charge in [-0.3, -0.25) is 0 Å². The highest BCUT2D eigenvalue weighted by Gasteiger charge is 2.09. The molecule has 0 saturated heterocycles. The second-order valence-corrected chi connectivity index (χ2v) is 4.50. The summed E-state index contributed by atoms with van der Waals surface area (Å²) in [5, 5.41) is 11.2. The van der Waals surface area contributed by atoms with Crippen molar-refractivity contribution in [3.8, 4) is 17.0 Å². The normalized spacial score (nSPS) is 10.6. The largest absolute Gasteiger partial charge is 0.491 e. The van der Waals surface area contributed by atoms with Gasteiger partial charge in [0.25, 0.3) is 0 Å². The van der Waals surface area contributed by atoms with Crippen molar-refractivity contribution < 1.29 is 4.74 Å². The first-order valence-electron chi connectivity index (χ1n) is 6.26. The van der Waals surface area contributed by atoms with E-state index in [1.807, 2.05) is 52.1 Å². The predicted molar refractivity (Wildman–Crippen MR) is 75.3 cm³/mol. The number of rotatable bonds is 4. The molecule has 100 valence electrons. The number of ether oxygens (including phenoxy) is 1. The van der Waals surface area contributed by atoms with Crippen molar-refractivity contribution in [2.24, 2.45) is 0 Å². The van der Waals surface area contributed by atoms with E-state index in [4.69, 9.17) is 4.74 Å². The molecule has 1 aromatic carbocycles. The van der Waals surface area contributed by atoms with E-state index >= 15 is 0 Å². The molecule has 0 fully saturated rings. The van der Waals surface area contributed by atoms with E-state index in [9.17, 15) is 0 Å². The molecule has 0 aliphatic rings. The van der Waals surface area contributed by atoms with Crippen LogP contribution in [0.25, 0.3) is 11.3 Å². The van der Waals surface area contributed by atoms with Crippen LogP contribution in [-0.2, 0) is 0 Å². The van der Waals surface area contributed by atoms with Crippen LogP contribution in [0.15, 0.2) is 24.3 Å². The zero-order chi connectivity index (χ0) is 13.8. The Morgan fingerprint density at radius 3 is 2.37 bits per heavy atom. The highest BCUT2D eigenvalue weighted by Crippen LogP contribution is 2.25. The monoisotopic (exact) mass is 258 g/mol. The smallest absolute Gasteiger partial charge is 0.156 e. The van der Waals surface area contributed by atoms with E-state index in [1.165, 1.54) is 0 Å². The van der Waals surface area contributed by atoms with Crippen LogP contribution in [-0.4, -0.2) is 28.3 Å². The zero-order valence-electron chi connectivity index (χ0n) is 11.6. The number of aromatic nitrogens is 3. The Kier molecular flexibility index (Phi) is 3.94. The summed E-state index contributed by atoms with van der Waals surface area (Å²) in [4.78, 5) is 4.32. The van der Waals surface area contributed by atoms with Gasteiger partial charge in [0.15, 0.2) is 5.82 Å². The average molecular weight is 258 g/mol. The Morgan fingerprint density at radius 1 is 1.11 bits per heavy atom. The molecule has 0 spiro atoms. The van der Waals surface area contributed by atoms with Gasteiger partial charge >= 0.3 is 0 Å². The van der Waals surface area contributed by atoms with Gasteiger partial charge in [0.05, 0.1) is 6.10 Å². The molecule has 1 aromatic heterocycles. The van der Waals surface area contributed by atoms with Crippen LogP contribution in [0.4, 0.5) is 5.82 Å². The first kappa shape index (κ1) is 13.3. The van der Waals surface area contributed by atoms with Gasteiger partial charge in [-0.15, -0.1) is 10.2 Å². The van der Waals surface area contributed by atoms with Gasteiger partial charge in [-0.05, 0) is 45.0 Å². The Bertz CT molecular complexity index is 552. The fraction of sp³-hybridized carbons (Fsp3) is 0.357. The van der Waals surface area contributed by atoms with E-state index in [1.54, 1.807) is 0 Å². The van der Waals surface area contributed by atoms with Gasteiger partial charge in [-0.1, -0.05) is 0 Å². The molecule has 1 N–H and O–H groups in total. The van der Waals surface area contributed by atoms with Gasteiger partial charge in [-0.25, -0.2) is 4.98 Å². The third-order valence-electron chi connectivity index (χ3n) is 2.53.